The maximum Gasteiger partial charge on any atom is 0.315 e. The molecule has 0 saturated carbocycles. The topological polar surface area (TPSA) is 41.1 Å². The first-order valence-corrected chi connectivity index (χ1v) is 6.85. The predicted molar refractivity (Wildman–Crippen MR) is 74.5 cm³/mol. The summed E-state index contributed by atoms with van der Waals surface area (Å²) in [6.07, 6.45) is 0. The highest BCUT2D eigenvalue weighted by Gasteiger charge is 2.09. The van der Waals surface area contributed by atoms with E-state index >= 15 is 0 Å². The number of carbonyl (C=O) groups excluding carboxylic acids is 1. The fourth-order valence-electron chi connectivity index (χ4n) is 1.64. The van der Waals surface area contributed by atoms with Gasteiger partial charge in [0.15, 0.2) is 0 Å². The lowest BCUT2D eigenvalue weighted by Gasteiger charge is -2.13. The van der Waals surface area contributed by atoms with E-state index in [-0.39, 0.29) is 17.9 Å². The third-order valence-corrected chi connectivity index (χ3v) is 3.74. The van der Waals surface area contributed by atoms with Gasteiger partial charge >= 0.3 is 6.03 Å². The van der Waals surface area contributed by atoms with Gasteiger partial charge < -0.3 is 10.6 Å². The molecule has 2 amide bonds. The second-order valence-corrected chi connectivity index (χ2v) is 5.17. The lowest BCUT2D eigenvalue weighted by atomic mass is 10.2. The largest absolute Gasteiger partial charge is 0.334 e. The fourth-order valence-corrected chi connectivity index (χ4v) is 2.38. The molecule has 1 heterocycles. The summed E-state index contributed by atoms with van der Waals surface area (Å²) in [6, 6.07) is 9.74. The van der Waals surface area contributed by atoms with Gasteiger partial charge in [0.2, 0.25) is 0 Å². The quantitative estimate of drug-likeness (QED) is 0.883. The van der Waals surface area contributed by atoms with Crippen molar-refractivity contribution in [3.05, 3.63) is 58.0 Å². The van der Waals surface area contributed by atoms with Gasteiger partial charge in [-0.2, -0.15) is 0 Å². The molecule has 0 spiro atoms. The number of nitrogens with one attached hydrogen (secondary N) is 2. The van der Waals surface area contributed by atoms with Crippen LogP contribution in [0.4, 0.5) is 9.18 Å². The zero-order valence-corrected chi connectivity index (χ0v) is 11.3. The summed E-state index contributed by atoms with van der Waals surface area (Å²) in [4.78, 5) is 12.8. The lowest BCUT2D eigenvalue weighted by Crippen LogP contribution is -2.36. The molecule has 0 unspecified atom stereocenters. The van der Waals surface area contributed by atoms with Crippen molar-refractivity contribution in [2.45, 2.75) is 19.5 Å². The van der Waals surface area contributed by atoms with Crippen molar-refractivity contribution in [1.82, 2.24) is 10.6 Å². The highest BCUT2D eigenvalue weighted by molar-refractivity contribution is 7.10. The van der Waals surface area contributed by atoms with Crippen LogP contribution in [0.3, 0.4) is 0 Å². The second-order valence-electron chi connectivity index (χ2n) is 4.19. The van der Waals surface area contributed by atoms with Crippen molar-refractivity contribution in [3.8, 4) is 0 Å². The van der Waals surface area contributed by atoms with E-state index in [1.54, 1.807) is 23.5 Å². The van der Waals surface area contributed by atoms with Gasteiger partial charge in [0.25, 0.3) is 0 Å². The lowest BCUT2D eigenvalue weighted by molar-refractivity contribution is 0.237. The predicted octanol–water partition coefficient (Wildman–Crippen LogP) is 3.45. The van der Waals surface area contributed by atoms with Crippen LogP contribution < -0.4 is 10.6 Å². The van der Waals surface area contributed by atoms with Crippen LogP contribution in [0, 0.1) is 5.82 Å². The SMILES string of the molecule is C[C@H](NC(=O)NCc1ccc(F)cc1)c1cccs1. The molecule has 19 heavy (non-hydrogen) atoms. The number of hydrogen-bond donors (Lipinski definition) is 2. The highest BCUT2D eigenvalue weighted by Crippen LogP contribution is 2.17. The van der Waals surface area contributed by atoms with Gasteiger partial charge in [-0.05, 0) is 36.1 Å². The molecule has 100 valence electrons. The Morgan fingerprint density at radius 1 is 1.32 bits per heavy atom. The first kappa shape index (κ1) is 13.5. The Hall–Kier alpha value is -1.88. The molecular weight excluding hydrogens is 263 g/mol. The average molecular weight is 278 g/mol. The molecule has 0 aliphatic carbocycles. The highest BCUT2D eigenvalue weighted by atomic mass is 32.1. The van der Waals surface area contributed by atoms with Crippen molar-refractivity contribution in [2.75, 3.05) is 0 Å². The second kappa shape index (κ2) is 6.33. The normalized spacial score (nSPS) is 11.9. The smallest absolute Gasteiger partial charge is 0.315 e. The van der Waals surface area contributed by atoms with Crippen LogP contribution in [0.2, 0.25) is 0 Å². The maximum absolute atomic E-state index is 12.7. The zero-order valence-electron chi connectivity index (χ0n) is 10.5. The first-order chi connectivity index (χ1) is 9.15. The minimum atomic E-state index is -0.278. The summed E-state index contributed by atoms with van der Waals surface area (Å²) >= 11 is 1.60. The van der Waals surface area contributed by atoms with E-state index in [1.165, 1.54) is 12.1 Å². The van der Waals surface area contributed by atoms with E-state index in [9.17, 15) is 9.18 Å². The average Bonchev–Trinajstić information content (AvgIpc) is 2.92. The molecule has 1 atom stereocenters. The number of halogens is 1. The van der Waals surface area contributed by atoms with E-state index in [0.717, 1.165) is 10.4 Å². The van der Waals surface area contributed by atoms with Gasteiger partial charge in [-0.25, -0.2) is 9.18 Å². The molecule has 5 heteroatoms. The minimum absolute atomic E-state index is 0.0202. The van der Waals surface area contributed by atoms with Gasteiger partial charge in [0.1, 0.15) is 5.82 Å². The molecule has 0 aliphatic rings. The molecule has 1 aromatic carbocycles. The molecular formula is C14H15FN2OS. The van der Waals surface area contributed by atoms with Crippen LogP contribution in [-0.2, 0) is 6.54 Å². The van der Waals surface area contributed by atoms with Crippen molar-refractivity contribution >= 4 is 17.4 Å². The van der Waals surface area contributed by atoms with Gasteiger partial charge in [0, 0.05) is 11.4 Å². The summed E-state index contributed by atoms with van der Waals surface area (Å²) in [5.41, 5.74) is 0.861. The number of thiophene rings is 1. The van der Waals surface area contributed by atoms with Gasteiger partial charge in [0.05, 0.1) is 6.04 Å². The van der Waals surface area contributed by atoms with Crippen LogP contribution in [0.1, 0.15) is 23.4 Å². The molecule has 0 fully saturated rings. The molecule has 2 N–H and O–H groups in total. The molecule has 3 nitrogen and oxygen atoms in total. The molecule has 0 radical (unpaired) electrons. The van der Waals surface area contributed by atoms with Crippen LogP contribution in [0.5, 0.6) is 0 Å². The minimum Gasteiger partial charge on any atom is -0.334 e. The Kier molecular flexibility index (Phi) is 4.52. The maximum atomic E-state index is 12.7. The first-order valence-electron chi connectivity index (χ1n) is 5.97. The Labute approximate surface area is 115 Å². The third-order valence-electron chi connectivity index (χ3n) is 2.68. The number of urea groups is 1. The summed E-state index contributed by atoms with van der Waals surface area (Å²) in [5, 5.41) is 7.57. The van der Waals surface area contributed by atoms with Crippen molar-refractivity contribution in [2.24, 2.45) is 0 Å². The molecule has 2 rings (SSSR count). The van der Waals surface area contributed by atoms with E-state index < -0.39 is 0 Å². The standard InChI is InChI=1S/C14H15FN2OS/c1-10(13-3-2-8-19-13)17-14(18)16-9-11-4-6-12(15)7-5-11/h2-8,10H,9H2,1H3,(H2,16,17,18)/t10-/m0/s1. The van der Waals surface area contributed by atoms with E-state index in [2.05, 4.69) is 10.6 Å². The van der Waals surface area contributed by atoms with Gasteiger partial charge in [-0.3, -0.25) is 0 Å². The molecule has 1 aromatic heterocycles. The van der Waals surface area contributed by atoms with Crippen LogP contribution in [0.25, 0.3) is 0 Å². The Bertz CT molecular complexity index is 525. The number of hydrogen-bond acceptors (Lipinski definition) is 2. The van der Waals surface area contributed by atoms with E-state index in [1.807, 2.05) is 24.4 Å². The molecule has 0 saturated heterocycles. The van der Waals surface area contributed by atoms with Crippen LogP contribution in [-0.4, -0.2) is 6.03 Å². The Balaban J connectivity index is 1.80. The number of rotatable bonds is 4. The summed E-state index contributed by atoms with van der Waals surface area (Å²) in [6.45, 7) is 2.31. The monoisotopic (exact) mass is 278 g/mol. The van der Waals surface area contributed by atoms with Crippen molar-refractivity contribution in [1.29, 1.82) is 0 Å². The zero-order chi connectivity index (χ0) is 13.7. The van der Waals surface area contributed by atoms with E-state index in [4.69, 9.17) is 0 Å². The summed E-state index contributed by atoms with van der Waals surface area (Å²) < 4.78 is 12.7. The van der Waals surface area contributed by atoms with Crippen LogP contribution >= 0.6 is 11.3 Å². The van der Waals surface area contributed by atoms with Gasteiger partial charge in [-0.15, -0.1) is 11.3 Å². The van der Waals surface area contributed by atoms with Crippen molar-refractivity contribution < 1.29 is 9.18 Å². The molecule has 2 aromatic rings. The number of carbonyl (C=O) groups is 1. The fraction of sp³-hybridized carbons (Fsp3) is 0.214. The molecule has 0 aliphatic heterocycles. The summed E-state index contributed by atoms with van der Waals surface area (Å²) in [7, 11) is 0. The number of amides is 2. The van der Waals surface area contributed by atoms with E-state index in [0.29, 0.717) is 6.54 Å². The van der Waals surface area contributed by atoms with Crippen molar-refractivity contribution in [3.63, 3.8) is 0 Å². The van der Waals surface area contributed by atoms with Crippen LogP contribution in [0.15, 0.2) is 41.8 Å². The molecule has 0 bridgehead atoms. The Morgan fingerprint density at radius 3 is 2.68 bits per heavy atom. The number of benzene rings is 1. The van der Waals surface area contributed by atoms with Gasteiger partial charge in [-0.1, -0.05) is 18.2 Å². The third kappa shape index (κ3) is 4.06. The Morgan fingerprint density at radius 2 is 2.05 bits per heavy atom. The summed E-state index contributed by atoms with van der Waals surface area (Å²) in [5.74, 6) is -0.278.